The van der Waals surface area contributed by atoms with Crippen LogP contribution in [-0.2, 0) is 10.0 Å². The molecule has 0 fully saturated rings. The van der Waals surface area contributed by atoms with Gasteiger partial charge in [-0.05, 0) is 61.5 Å². The first-order valence-corrected chi connectivity index (χ1v) is 11.2. The van der Waals surface area contributed by atoms with Gasteiger partial charge in [0.15, 0.2) is 0 Å². The molecule has 10 nitrogen and oxygen atoms in total. The standard InChI is InChI=1S/C21H17ClN4O6S/c1-13-2-11-18(12-19(13)26(29)30)33(31,32)25-17-9-5-15(6-10-17)21(28)24-23-20(27)14-3-7-16(22)8-4-14/h2-12,25H,1H3,(H,23,27)(H,24,28). The number of rotatable bonds is 6. The van der Waals surface area contributed by atoms with Crippen LogP contribution in [0.5, 0.6) is 0 Å². The van der Waals surface area contributed by atoms with Crippen LogP contribution in [0.2, 0.25) is 5.02 Å². The van der Waals surface area contributed by atoms with Crippen molar-refractivity contribution < 1.29 is 22.9 Å². The maximum atomic E-state index is 12.6. The molecule has 0 unspecified atom stereocenters. The zero-order valence-corrected chi connectivity index (χ0v) is 18.6. The Morgan fingerprint density at radius 1 is 0.879 bits per heavy atom. The number of nitro benzene ring substituents is 1. The van der Waals surface area contributed by atoms with Crippen LogP contribution in [0.1, 0.15) is 26.3 Å². The predicted molar refractivity (Wildman–Crippen MR) is 121 cm³/mol. The van der Waals surface area contributed by atoms with Gasteiger partial charge >= 0.3 is 0 Å². The summed E-state index contributed by atoms with van der Waals surface area (Å²) < 4.78 is 27.4. The number of sulfonamides is 1. The zero-order chi connectivity index (χ0) is 24.2. The van der Waals surface area contributed by atoms with Crippen LogP contribution in [0, 0.1) is 17.0 Å². The number of benzene rings is 3. The van der Waals surface area contributed by atoms with Gasteiger partial charge in [0.2, 0.25) is 0 Å². The molecule has 2 amide bonds. The Morgan fingerprint density at radius 3 is 1.91 bits per heavy atom. The number of nitrogens with zero attached hydrogens (tertiary/aromatic N) is 1. The number of aryl methyl sites for hydroxylation is 1. The lowest BCUT2D eigenvalue weighted by molar-refractivity contribution is -0.385. The first-order chi connectivity index (χ1) is 15.6. The molecule has 0 saturated heterocycles. The molecule has 0 aliphatic heterocycles. The summed E-state index contributed by atoms with van der Waals surface area (Å²) in [5.74, 6) is -1.17. The molecule has 3 N–H and O–H groups in total. The summed E-state index contributed by atoms with van der Waals surface area (Å²) in [4.78, 5) is 34.4. The highest BCUT2D eigenvalue weighted by Crippen LogP contribution is 2.24. The van der Waals surface area contributed by atoms with E-state index in [2.05, 4.69) is 15.6 Å². The lowest BCUT2D eigenvalue weighted by atomic mass is 10.2. The van der Waals surface area contributed by atoms with Crippen LogP contribution in [0.15, 0.2) is 71.6 Å². The lowest BCUT2D eigenvalue weighted by Crippen LogP contribution is -2.41. The van der Waals surface area contributed by atoms with Gasteiger partial charge in [0, 0.05) is 33.5 Å². The molecule has 0 spiro atoms. The van der Waals surface area contributed by atoms with Crippen LogP contribution >= 0.6 is 11.6 Å². The molecule has 33 heavy (non-hydrogen) atoms. The monoisotopic (exact) mass is 488 g/mol. The molecule has 0 heterocycles. The van der Waals surface area contributed by atoms with Crippen molar-refractivity contribution in [3.8, 4) is 0 Å². The molecular weight excluding hydrogens is 472 g/mol. The van der Waals surface area contributed by atoms with E-state index >= 15 is 0 Å². The second-order valence-corrected chi connectivity index (χ2v) is 8.92. The van der Waals surface area contributed by atoms with Gasteiger partial charge in [-0.2, -0.15) is 0 Å². The van der Waals surface area contributed by atoms with Gasteiger partial charge in [-0.25, -0.2) is 8.42 Å². The van der Waals surface area contributed by atoms with Gasteiger partial charge in [-0.15, -0.1) is 0 Å². The van der Waals surface area contributed by atoms with Gasteiger partial charge in [-0.3, -0.25) is 35.3 Å². The molecular formula is C21H17ClN4O6S. The van der Waals surface area contributed by atoms with Crippen molar-refractivity contribution in [2.75, 3.05) is 4.72 Å². The highest BCUT2D eigenvalue weighted by Gasteiger charge is 2.20. The molecule has 0 aromatic heterocycles. The molecule has 0 atom stereocenters. The normalized spacial score (nSPS) is 10.8. The summed E-state index contributed by atoms with van der Waals surface area (Å²) >= 11 is 5.77. The Morgan fingerprint density at radius 2 is 1.39 bits per heavy atom. The molecule has 0 radical (unpaired) electrons. The third-order valence-corrected chi connectivity index (χ3v) is 6.11. The van der Waals surface area contributed by atoms with E-state index < -0.39 is 26.8 Å². The van der Waals surface area contributed by atoms with E-state index in [1.807, 2.05) is 0 Å². The van der Waals surface area contributed by atoms with Crippen molar-refractivity contribution >= 4 is 44.8 Å². The molecule has 3 aromatic rings. The molecule has 3 aromatic carbocycles. The van der Waals surface area contributed by atoms with E-state index in [1.54, 1.807) is 0 Å². The minimum atomic E-state index is -4.10. The predicted octanol–water partition coefficient (Wildman–Crippen LogP) is 3.43. The molecule has 0 aliphatic rings. The fraction of sp³-hybridized carbons (Fsp3) is 0.0476. The number of amides is 2. The van der Waals surface area contributed by atoms with E-state index in [9.17, 15) is 28.1 Å². The molecule has 0 aliphatic carbocycles. The molecule has 0 bridgehead atoms. The summed E-state index contributed by atoms with van der Waals surface area (Å²) in [6.45, 7) is 1.50. The fourth-order valence-electron chi connectivity index (χ4n) is 2.72. The Balaban J connectivity index is 1.65. The fourth-order valence-corrected chi connectivity index (χ4v) is 3.92. The quantitative estimate of drug-likeness (QED) is 0.357. The summed E-state index contributed by atoms with van der Waals surface area (Å²) in [5, 5.41) is 11.5. The first kappa shape index (κ1) is 23.7. The van der Waals surface area contributed by atoms with Crippen LogP contribution in [0.4, 0.5) is 11.4 Å². The summed E-state index contributed by atoms with van der Waals surface area (Å²) in [5.41, 5.74) is 5.12. The van der Waals surface area contributed by atoms with E-state index in [0.717, 1.165) is 6.07 Å². The average molecular weight is 489 g/mol. The minimum Gasteiger partial charge on any atom is -0.280 e. The number of hydrazine groups is 1. The van der Waals surface area contributed by atoms with Gasteiger partial charge in [0.05, 0.1) is 9.82 Å². The number of hydrogen-bond acceptors (Lipinski definition) is 6. The zero-order valence-electron chi connectivity index (χ0n) is 17.0. The molecule has 12 heteroatoms. The topological polar surface area (TPSA) is 148 Å². The van der Waals surface area contributed by atoms with Crippen LogP contribution in [-0.4, -0.2) is 25.2 Å². The number of anilines is 1. The van der Waals surface area contributed by atoms with Crippen LogP contribution in [0.3, 0.4) is 0 Å². The average Bonchev–Trinajstić information content (AvgIpc) is 2.78. The second-order valence-electron chi connectivity index (χ2n) is 6.80. The Bertz CT molecular complexity index is 1330. The highest BCUT2D eigenvalue weighted by molar-refractivity contribution is 7.92. The number of halogens is 1. The van der Waals surface area contributed by atoms with E-state index in [-0.39, 0.29) is 21.8 Å². The van der Waals surface area contributed by atoms with Crippen LogP contribution in [0.25, 0.3) is 0 Å². The number of nitro groups is 1. The Hall–Kier alpha value is -3.96. The Kier molecular flexibility index (Phi) is 6.95. The van der Waals surface area contributed by atoms with E-state index in [4.69, 9.17) is 11.6 Å². The third kappa shape index (κ3) is 5.84. The van der Waals surface area contributed by atoms with Crippen molar-refractivity contribution in [2.24, 2.45) is 0 Å². The van der Waals surface area contributed by atoms with Crippen molar-refractivity contribution in [1.29, 1.82) is 0 Å². The molecule has 3 rings (SSSR count). The highest BCUT2D eigenvalue weighted by atomic mass is 35.5. The van der Waals surface area contributed by atoms with Crippen LogP contribution < -0.4 is 15.6 Å². The molecule has 170 valence electrons. The van der Waals surface area contributed by atoms with Gasteiger partial charge in [0.1, 0.15) is 0 Å². The van der Waals surface area contributed by atoms with E-state index in [0.29, 0.717) is 16.1 Å². The van der Waals surface area contributed by atoms with Crippen molar-refractivity contribution in [3.63, 3.8) is 0 Å². The number of carbonyl (C=O) groups is 2. The Labute approximate surface area is 193 Å². The third-order valence-electron chi connectivity index (χ3n) is 4.48. The largest absolute Gasteiger partial charge is 0.280 e. The minimum absolute atomic E-state index is 0.139. The van der Waals surface area contributed by atoms with Crippen molar-refractivity contribution in [2.45, 2.75) is 11.8 Å². The van der Waals surface area contributed by atoms with Gasteiger partial charge in [0.25, 0.3) is 27.5 Å². The summed E-state index contributed by atoms with van der Waals surface area (Å²) in [7, 11) is -4.10. The number of hydrogen-bond donors (Lipinski definition) is 3. The maximum absolute atomic E-state index is 12.6. The van der Waals surface area contributed by atoms with Gasteiger partial charge < -0.3 is 0 Å². The van der Waals surface area contributed by atoms with E-state index in [1.165, 1.54) is 67.6 Å². The number of nitrogens with one attached hydrogen (secondary N) is 3. The first-order valence-electron chi connectivity index (χ1n) is 9.31. The second kappa shape index (κ2) is 9.67. The summed E-state index contributed by atoms with van der Waals surface area (Å²) in [6.07, 6.45) is 0. The number of carbonyl (C=O) groups excluding carboxylic acids is 2. The van der Waals surface area contributed by atoms with Crippen molar-refractivity contribution in [1.82, 2.24) is 10.9 Å². The van der Waals surface area contributed by atoms with Gasteiger partial charge in [-0.1, -0.05) is 17.7 Å². The lowest BCUT2D eigenvalue weighted by Gasteiger charge is -2.10. The maximum Gasteiger partial charge on any atom is 0.273 e. The van der Waals surface area contributed by atoms with Crippen molar-refractivity contribution in [3.05, 3.63) is 98.6 Å². The SMILES string of the molecule is Cc1ccc(S(=O)(=O)Nc2ccc(C(=O)NNC(=O)c3ccc(Cl)cc3)cc2)cc1[N+](=O)[O-]. The summed E-state index contributed by atoms with van der Waals surface area (Å²) in [6, 6.07) is 15.0. The molecule has 0 saturated carbocycles. The smallest absolute Gasteiger partial charge is 0.273 e.